The Kier molecular flexibility index (Phi) is 3.30. The quantitative estimate of drug-likeness (QED) is 0.885. The Morgan fingerprint density at radius 2 is 1.74 bits per heavy atom. The number of rotatable bonds is 3. The molecular weight excluding hydrogens is 244 g/mol. The molecular formula is C16H15F2N. The molecule has 98 valence electrons. The van der Waals surface area contributed by atoms with Gasteiger partial charge in [-0.2, -0.15) is 0 Å². The van der Waals surface area contributed by atoms with E-state index in [0.717, 1.165) is 12.8 Å². The third kappa shape index (κ3) is 2.38. The molecule has 1 nitrogen and oxygen atoms in total. The second kappa shape index (κ2) is 5.10. The van der Waals surface area contributed by atoms with Crippen molar-refractivity contribution in [2.75, 3.05) is 0 Å². The lowest BCUT2D eigenvalue weighted by Gasteiger charge is -2.14. The first-order valence-electron chi connectivity index (χ1n) is 6.50. The summed E-state index contributed by atoms with van der Waals surface area (Å²) < 4.78 is 27.1. The molecule has 0 aromatic heterocycles. The summed E-state index contributed by atoms with van der Waals surface area (Å²) in [5.41, 5.74) is 2.69. The Morgan fingerprint density at radius 3 is 2.53 bits per heavy atom. The smallest absolute Gasteiger partial charge is 0.130 e. The zero-order valence-electron chi connectivity index (χ0n) is 10.5. The Morgan fingerprint density at radius 1 is 1.00 bits per heavy atom. The van der Waals surface area contributed by atoms with Gasteiger partial charge in [-0.15, -0.1) is 0 Å². The van der Waals surface area contributed by atoms with Gasteiger partial charge in [0.1, 0.15) is 11.6 Å². The van der Waals surface area contributed by atoms with Crippen molar-refractivity contribution in [3.05, 3.63) is 70.8 Å². The first-order chi connectivity index (χ1) is 9.25. The van der Waals surface area contributed by atoms with Crippen LogP contribution in [0.3, 0.4) is 0 Å². The molecule has 0 saturated heterocycles. The van der Waals surface area contributed by atoms with Gasteiger partial charge in [0.25, 0.3) is 0 Å². The number of halogens is 2. The molecule has 3 rings (SSSR count). The van der Waals surface area contributed by atoms with Gasteiger partial charge in [-0.05, 0) is 36.1 Å². The van der Waals surface area contributed by atoms with E-state index in [-0.39, 0.29) is 18.2 Å². The van der Waals surface area contributed by atoms with Crippen LogP contribution in [0.2, 0.25) is 0 Å². The lowest BCUT2D eigenvalue weighted by atomic mass is 10.1. The van der Waals surface area contributed by atoms with Crippen LogP contribution in [0.4, 0.5) is 8.78 Å². The van der Waals surface area contributed by atoms with E-state index in [1.54, 1.807) is 0 Å². The van der Waals surface area contributed by atoms with Crippen LogP contribution in [0.15, 0.2) is 42.5 Å². The molecule has 2 aromatic rings. The molecule has 0 amide bonds. The maximum atomic E-state index is 13.5. The Hall–Kier alpha value is -1.74. The lowest BCUT2D eigenvalue weighted by molar-refractivity contribution is 0.490. The monoisotopic (exact) mass is 259 g/mol. The Labute approximate surface area is 111 Å². The number of nitrogens with one attached hydrogen (secondary N) is 1. The summed E-state index contributed by atoms with van der Waals surface area (Å²) >= 11 is 0. The first kappa shape index (κ1) is 12.3. The van der Waals surface area contributed by atoms with Crippen molar-refractivity contribution in [1.29, 1.82) is 0 Å². The van der Waals surface area contributed by atoms with E-state index in [1.807, 2.05) is 12.1 Å². The zero-order valence-corrected chi connectivity index (χ0v) is 10.5. The topological polar surface area (TPSA) is 12.0 Å². The van der Waals surface area contributed by atoms with E-state index < -0.39 is 11.6 Å². The minimum absolute atomic E-state index is 0.117. The van der Waals surface area contributed by atoms with Gasteiger partial charge >= 0.3 is 0 Å². The minimum atomic E-state index is -0.487. The summed E-state index contributed by atoms with van der Waals surface area (Å²) in [6.07, 6.45) is 2.00. The van der Waals surface area contributed by atoms with Crippen LogP contribution >= 0.6 is 0 Å². The van der Waals surface area contributed by atoms with Gasteiger partial charge in [0.2, 0.25) is 0 Å². The molecule has 1 aliphatic rings. The van der Waals surface area contributed by atoms with Gasteiger partial charge < -0.3 is 5.32 Å². The number of hydrogen-bond acceptors (Lipinski definition) is 1. The predicted molar refractivity (Wildman–Crippen MR) is 70.7 cm³/mol. The summed E-state index contributed by atoms with van der Waals surface area (Å²) in [4.78, 5) is 0. The van der Waals surface area contributed by atoms with Crippen molar-refractivity contribution in [3.63, 3.8) is 0 Å². The summed E-state index contributed by atoms with van der Waals surface area (Å²) in [7, 11) is 0. The van der Waals surface area contributed by atoms with Crippen LogP contribution in [-0.2, 0) is 13.0 Å². The Balaban J connectivity index is 1.75. The molecule has 0 heterocycles. The Bertz CT molecular complexity index is 575. The van der Waals surface area contributed by atoms with Gasteiger partial charge in [-0.1, -0.05) is 30.3 Å². The predicted octanol–water partition coefficient (Wildman–Crippen LogP) is 3.74. The van der Waals surface area contributed by atoms with Crippen molar-refractivity contribution in [2.45, 2.75) is 25.4 Å². The van der Waals surface area contributed by atoms with E-state index in [0.29, 0.717) is 0 Å². The van der Waals surface area contributed by atoms with Crippen molar-refractivity contribution >= 4 is 0 Å². The SMILES string of the molecule is Fc1cccc(F)c1CNC1CCc2ccccc21. The minimum Gasteiger partial charge on any atom is -0.306 e. The maximum Gasteiger partial charge on any atom is 0.130 e. The number of fused-ring (bicyclic) bond motifs is 1. The number of hydrogen-bond donors (Lipinski definition) is 1. The standard InChI is InChI=1S/C16H15F2N/c17-14-6-3-7-15(18)13(14)10-19-16-9-8-11-4-1-2-5-12(11)16/h1-7,16,19H,8-10H2. The highest BCUT2D eigenvalue weighted by atomic mass is 19.1. The van der Waals surface area contributed by atoms with E-state index in [9.17, 15) is 8.78 Å². The molecule has 1 N–H and O–H groups in total. The molecule has 0 fully saturated rings. The summed E-state index contributed by atoms with van der Waals surface area (Å²) in [5.74, 6) is -0.974. The van der Waals surface area contributed by atoms with E-state index in [1.165, 1.54) is 29.3 Å². The van der Waals surface area contributed by atoms with Crippen LogP contribution in [0.1, 0.15) is 29.2 Å². The fourth-order valence-corrected chi connectivity index (χ4v) is 2.70. The molecule has 19 heavy (non-hydrogen) atoms. The maximum absolute atomic E-state index is 13.5. The van der Waals surface area contributed by atoms with Gasteiger partial charge in [0, 0.05) is 18.2 Å². The first-order valence-corrected chi connectivity index (χ1v) is 6.50. The average Bonchev–Trinajstić information content (AvgIpc) is 2.82. The van der Waals surface area contributed by atoms with Crippen LogP contribution in [-0.4, -0.2) is 0 Å². The molecule has 3 heteroatoms. The highest BCUT2D eigenvalue weighted by Crippen LogP contribution is 2.31. The fourth-order valence-electron chi connectivity index (χ4n) is 2.70. The van der Waals surface area contributed by atoms with Gasteiger partial charge in [0.15, 0.2) is 0 Å². The van der Waals surface area contributed by atoms with Crippen molar-refractivity contribution < 1.29 is 8.78 Å². The van der Waals surface area contributed by atoms with Crippen LogP contribution < -0.4 is 5.32 Å². The van der Waals surface area contributed by atoms with Crippen molar-refractivity contribution in [2.24, 2.45) is 0 Å². The number of benzene rings is 2. The average molecular weight is 259 g/mol. The molecule has 2 aromatic carbocycles. The summed E-state index contributed by atoms with van der Waals surface area (Å²) in [5, 5.41) is 3.26. The lowest BCUT2D eigenvalue weighted by Crippen LogP contribution is -2.20. The molecule has 0 saturated carbocycles. The largest absolute Gasteiger partial charge is 0.306 e. The third-order valence-corrected chi connectivity index (χ3v) is 3.72. The molecule has 1 aliphatic carbocycles. The van der Waals surface area contributed by atoms with Crippen molar-refractivity contribution in [3.8, 4) is 0 Å². The van der Waals surface area contributed by atoms with E-state index >= 15 is 0 Å². The number of aryl methyl sites for hydroxylation is 1. The molecule has 0 spiro atoms. The molecule has 1 unspecified atom stereocenters. The van der Waals surface area contributed by atoms with E-state index in [2.05, 4.69) is 17.4 Å². The van der Waals surface area contributed by atoms with E-state index in [4.69, 9.17) is 0 Å². The highest BCUT2D eigenvalue weighted by Gasteiger charge is 2.21. The molecule has 0 bridgehead atoms. The molecule has 0 aliphatic heterocycles. The van der Waals surface area contributed by atoms with Gasteiger partial charge in [-0.3, -0.25) is 0 Å². The second-order valence-corrected chi connectivity index (χ2v) is 4.87. The normalized spacial score (nSPS) is 17.5. The zero-order chi connectivity index (χ0) is 13.2. The van der Waals surface area contributed by atoms with Gasteiger partial charge in [-0.25, -0.2) is 8.78 Å². The van der Waals surface area contributed by atoms with Crippen LogP contribution in [0, 0.1) is 11.6 Å². The van der Waals surface area contributed by atoms with Gasteiger partial charge in [0.05, 0.1) is 0 Å². The molecule has 0 radical (unpaired) electrons. The fraction of sp³-hybridized carbons (Fsp3) is 0.250. The highest BCUT2D eigenvalue weighted by molar-refractivity contribution is 5.34. The van der Waals surface area contributed by atoms with Crippen LogP contribution in [0.25, 0.3) is 0 Å². The summed E-state index contributed by atoms with van der Waals surface area (Å²) in [6, 6.07) is 12.4. The van der Waals surface area contributed by atoms with Crippen LogP contribution in [0.5, 0.6) is 0 Å². The van der Waals surface area contributed by atoms with Crippen molar-refractivity contribution in [1.82, 2.24) is 5.32 Å². The summed E-state index contributed by atoms with van der Waals surface area (Å²) in [6.45, 7) is 0.220. The molecule has 1 atom stereocenters. The third-order valence-electron chi connectivity index (χ3n) is 3.72. The second-order valence-electron chi connectivity index (χ2n) is 4.87.